The number of hydrogen-bond donors (Lipinski definition) is 0. The number of benzene rings is 1. The minimum absolute atomic E-state index is 0.167. The predicted octanol–water partition coefficient (Wildman–Crippen LogP) is 2.77. The lowest BCUT2D eigenvalue weighted by Gasteiger charge is -2.26. The Kier molecular flexibility index (Phi) is 11.1. The second-order valence-corrected chi connectivity index (χ2v) is 5.11. The molecule has 2 atom stereocenters. The van der Waals surface area contributed by atoms with Gasteiger partial charge in [-0.1, -0.05) is 18.2 Å². The van der Waals surface area contributed by atoms with E-state index in [0.717, 1.165) is 11.3 Å². The van der Waals surface area contributed by atoms with E-state index >= 15 is 0 Å². The highest BCUT2D eigenvalue weighted by Crippen LogP contribution is 2.14. The maximum Gasteiger partial charge on any atom is 0.146 e. The molecule has 24 heavy (non-hydrogen) atoms. The van der Waals surface area contributed by atoms with Gasteiger partial charge in [-0.3, -0.25) is 0 Å². The van der Waals surface area contributed by atoms with Crippen molar-refractivity contribution in [1.82, 2.24) is 0 Å². The fourth-order valence-corrected chi connectivity index (χ4v) is 2.08. The maximum atomic E-state index is 5.78. The molecule has 0 saturated carbocycles. The van der Waals surface area contributed by atoms with Crippen LogP contribution in [-0.2, 0) is 30.3 Å². The van der Waals surface area contributed by atoms with Crippen LogP contribution in [0.15, 0.2) is 36.9 Å². The summed E-state index contributed by atoms with van der Waals surface area (Å²) in [6.07, 6.45) is 1.92. The SMILES string of the molecule is C=CC[C@@H](OCOC)[C@@H](COCc1ccc(OC)cc1)OCOC. The Morgan fingerprint density at radius 2 is 1.58 bits per heavy atom. The highest BCUT2D eigenvalue weighted by molar-refractivity contribution is 5.26. The molecular weight excluding hydrogens is 312 g/mol. The minimum atomic E-state index is -0.281. The molecule has 6 heteroatoms. The van der Waals surface area contributed by atoms with E-state index in [1.54, 1.807) is 27.4 Å². The van der Waals surface area contributed by atoms with Gasteiger partial charge in [-0.15, -0.1) is 6.58 Å². The molecule has 1 aromatic rings. The summed E-state index contributed by atoms with van der Waals surface area (Å²) in [5.41, 5.74) is 1.05. The quantitative estimate of drug-likeness (QED) is 0.383. The van der Waals surface area contributed by atoms with Gasteiger partial charge in [-0.05, 0) is 24.1 Å². The topological polar surface area (TPSA) is 55.4 Å². The number of rotatable bonds is 14. The van der Waals surface area contributed by atoms with E-state index in [9.17, 15) is 0 Å². The first kappa shape index (κ1) is 20.6. The van der Waals surface area contributed by atoms with Crippen LogP contribution in [0.25, 0.3) is 0 Å². The van der Waals surface area contributed by atoms with Crippen molar-refractivity contribution in [3.8, 4) is 5.75 Å². The fraction of sp³-hybridized carbons (Fsp3) is 0.556. The minimum Gasteiger partial charge on any atom is -0.497 e. The van der Waals surface area contributed by atoms with Crippen LogP contribution in [0.4, 0.5) is 0 Å². The summed E-state index contributed by atoms with van der Waals surface area (Å²) in [7, 11) is 4.80. The standard InChI is InChI=1S/C18H28O6/c1-5-6-17(23-13-19-2)18(24-14-20-3)12-22-11-15-7-9-16(21-4)10-8-15/h5,7-10,17-18H,1,6,11-14H2,2-4H3/t17-,18-/m1/s1. The molecule has 0 aliphatic heterocycles. The van der Waals surface area contributed by atoms with Crippen LogP contribution in [0.5, 0.6) is 5.75 Å². The summed E-state index contributed by atoms with van der Waals surface area (Å²) in [4.78, 5) is 0. The van der Waals surface area contributed by atoms with E-state index in [2.05, 4.69) is 6.58 Å². The molecule has 136 valence electrons. The monoisotopic (exact) mass is 340 g/mol. The summed E-state index contributed by atoms with van der Waals surface area (Å²) < 4.78 is 32.2. The molecule has 0 aliphatic carbocycles. The molecule has 0 aromatic heterocycles. The molecule has 0 fully saturated rings. The second-order valence-electron chi connectivity index (χ2n) is 5.11. The van der Waals surface area contributed by atoms with Crippen LogP contribution in [-0.4, -0.2) is 53.7 Å². The Morgan fingerprint density at radius 1 is 0.958 bits per heavy atom. The van der Waals surface area contributed by atoms with E-state index < -0.39 is 0 Å². The lowest BCUT2D eigenvalue weighted by Crippen LogP contribution is -2.36. The van der Waals surface area contributed by atoms with Gasteiger partial charge in [0.1, 0.15) is 25.4 Å². The average molecular weight is 340 g/mol. The van der Waals surface area contributed by atoms with Gasteiger partial charge in [-0.25, -0.2) is 0 Å². The molecule has 0 radical (unpaired) electrons. The van der Waals surface area contributed by atoms with Crippen LogP contribution >= 0.6 is 0 Å². The smallest absolute Gasteiger partial charge is 0.146 e. The van der Waals surface area contributed by atoms with Gasteiger partial charge in [0.15, 0.2) is 0 Å². The van der Waals surface area contributed by atoms with Crippen molar-refractivity contribution in [2.24, 2.45) is 0 Å². The van der Waals surface area contributed by atoms with Gasteiger partial charge < -0.3 is 28.4 Å². The Hall–Kier alpha value is -1.44. The Labute approximate surface area is 144 Å². The van der Waals surface area contributed by atoms with E-state index in [1.807, 2.05) is 24.3 Å². The highest BCUT2D eigenvalue weighted by Gasteiger charge is 2.22. The van der Waals surface area contributed by atoms with E-state index in [-0.39, 0.29) is 25.8 Å². The third kappa shape index (κ3) is 7.90. The Balaban J connectivity index is 2.54. The molecule has 0 N–H and O–H groups in total. The molecule has 0 spiro atoms. The molecule has 1 aromatic carbocycles. The summed E-state index contributed by atoms with van der Waals surface area (Å²) >= 11 is 0. The van der Waals surface area contributed by atoms with Gasteiger partial charge in [0.25, 0.3) is 0 Å². The molecule has 0 heterocycles. The van der Waals surface area contributed by atoms with E-state index in [1.165, 1.54) is 0 Å². The van der Waals surface area contributed by atoms with E-state index in [4.69, 9.17) is 28.4 Å². The molecule has 0 unspecified atom stereocenters. The third-order valence-corrected chi connectivity index (χ3v) is 3.32. The zero-order valence-corrected chi connectivity index (χ0v) is 14.7. The third-order valence-electron chi connectivity index (χ3n) is 3.32. The van der Waals surface area contributed by atoms with Gasteiger partial charge in [0.2, 0.25) is 0 Å². The molecule has 0 amide bonds. The fourth-order valence-electron chi connectivity index (χ4n) is 2.08. The van der Waals surface area contributed by atoms with Crippen molar-refractivity contribution < 1.29 is 28.4 Å². The lowest BCUT2D eigenvalue weighted by molar-refractivity contribution is -0.172. The predicted molar refractivity (Wildman–Crippen MR) is 91.0 cm³/mol. The largest absolute Gasteiger partial charge is 0.497 e. The van der Waals surface area contributed by atoms with Crippen molar-refractivity contribution >= 4 is 0 Å². The van der Waals surface area contributed by atoms with Crippen LogP contribution < -0.4 is 4.74 Å². The van der Waals surface area contributed by atoms with Crippen molar-refractivity contribution in [1.29, 1.82) is 0 Å². The second kappa shape index (κ2) is 12.9. The van der Waals surface area contributed by atoms with Gasteiger partial charge >= 0.3 is 0 Å². The number of hydrogen-bond acceptors (Lipinski definition) is 6. The highest BCUT2D eigenvalue weighted by atomic mass is 16.7. The molecule has 1 rings (SSSR count). The summed E-state index contributed by atoms with van der Waals surface area (Å²) in [6.45, 7) is 4.95. The van der Waals surface area contributed by atoms with Crippen molar-refractivity contribution in [2.45, 2.75) is 25.2 Å². The first-order chi connectivity index (χ1) is 11.7. The summed E-state index contributed by atoms with van der Waals surface area (Å²) in [5, 5.41) is 0. The molecule has 0 bridgehead atoms. The zero-order chi connectivity index (χ0) is 17.6. The van der Waals surface area contributed by atoms with Crippen LogP contribution in [0.1, 0.15) is 12.0 Å². The molecule has 6 nitrogen and oxygen atoms in total. The van der Waals surface area contributed by atoms with Crippen LogP contribution in [0, 0.1) is 0 Å². The van der Waals surface area contributed by atoms with Crippen molar-refractivity contribution in [2.75, 3.05) is 41.5 Å². The summed E-state index contributed by atoms with van der Waals surface area (Å²) in [5.74, 6) is 0.819. The Bertz CT molecular complexity index is 434. The van der Waals surface area contributed by atoms with Crippen molar-refractivity contribution in [3.05, 3.63) is 42.5 Å². The molecular formula is C18H28O6. The number of methoxy groups -OCH3 is 3. The number of ether oxygens (including phenoxy) is 6. The van der Waals surface area contributed by atoms with Crippen LogP contribution in [0.2, 0.25) is 0 Å². The first-order valence-electron chi connectivity index (χ1n) is 7.77. The van der Waals surface area contributed by atoms with E-state index in [0.29, 0.717) is 19.6 Å². The first-order valence-corrected chi connectivity index (χ1v) is 7.77. The molecule has 0 aliphatic rings. The normalized spacial score (nSPS) is 13.5. The lowest BCUT2D eigenvalue weighted by atomic mass is 10.1. The van der Waals surface area contributed by atoms with Gasteiger partial charge in [0.05, 0.1) is 26.4 Å². The summed E-state index contributed by atoms with van der Waals surface area (Å²) in [6, 6.07) is 7.73. The zero-order valence-electron chi connectivity index (χ0n) is 14.7. The van der Waals surface area contributed by atoms with Gasteiger partial charge in [0, 0.05) is 14.2 Å². The average Bonchev–Trinajstić information content (AvgIpc) is 2.62. The van der Waals surface area contributed by atoms with Crippen LogP contribution in [0.3, 0.4) is 0 Å². The van der Waals surface area contributed by atoms with Crippen molar-refractivity contribution in [3.63, 3.8) is 0 Å². The molecule has 0 saturated heterocycles. The Morgan fingerprint density at radius 3 is 2.12 bits per heavy atom. The van der Waals surface area contributed by atoms with Gasteiger partial charge in [-0.2, -0.15) is 0 Å². The maximum absolute atomic E-state index is 5.78.